The van der Waals surface area contributed by atoms with Crippen molar-refractivity contribution in [1.82, 2.24) is 15.5 Å². The molecule has 1 radical (unpaired) electrons. The summed E-state index contributed by atoms with van der Waals surface area (Å²) in [7, 11) is 0. The smallest absolute Gasteiger partial charge is 0.224 e. The summed E-state index contributed by atoms with van der Waals surface area (Å²) in [6.45, 7) is 3.70. The van der Waals surface area contributed by atoms with Gasteiger partial charge in [0.1, 0.15) is 12.4 Å². The molecular formula is C19H26N5O2. The summed E-state index contributed by atoms with van der Waals surface area (Å²) in [5, 5.41) is 13.7. The number of guanidine groups is 1. The first-order valence-electron chi connectivity index (χ1n) is 8.93. The number of nitrogens with zero attached hydrogens (tertiary/aromatic N) is 1. The molecule has 139 valence electrons. The molecule has 1 amide bonds. The number of hydrogen-bond donors (Lipinski definition) is 4. The van der Waals surface area contributed by atoms with Gasteiger partial charge in [-0.05, 0) is 37.1 Å². The van der Waals surface area contributed by atoms with E-state index in [1.807, 2.05) is 29.2 Å². The summed E-state index contributed by atoms with van der Waals surface area (Å²) < 4.78 is 5.72. The number of benzene rings is 1. The molecule has 0 spiro atoms. The SMILES string of the molecule is N=C(N)N1CC=C(CCNCc2ccc(OCC3C[CH]C(=O)N3)cc2)C1. The van der Waals surface area contributed by atoms with Gasteiger partial charge in [-0.25, -0.2) is 0 Å². The third kappa shape index (κ3) is 5.23. The van der Waals surface area contributed by atoms with E-state index >= 15 is 0 Å². The Hall–Kier alpha value is -2.54. The highest BCUT2D eigenvalue weighted by Gasteiger charge is 2.21. The zero-order valence-electron chi connectivity index (χ0n) is 14.8. The Morgan fingerprint density at radius 3 is 2.85 bits per heavy atom. The molecule has 2 aliphatic rings. The molecule has 1 unspecified atom stereocenters. The molecule has 0 bridgehead atoms. The fourth-order valence-electron chi connectivity index (χ4n) is 3.04. The molecule has 3 rings (SSSR count). The van der Waals surface area contributed by atoms with Gasteiger partial charge in [0.05, 0.1) is 12.5 Å². The Bertz CT molecular complexity index is 671. The molecule has 1 fully saturated rings. The molecule has 1 aromatic carbocycles. The first-order chi connectivity index (χ1) is 12.6. The molecule has 1 atom stereocenters. The lowest BCUT2D eigenvalue weighted by Crippen LogP contribution is -2.34. The number of carbonyl (C=O) groups is 1. The first-order valence-corrected chi connectivity index (χ1v) is 8.93. The molecule has 2 aliphatic heterocycles. The normalized spacial score (nSPS) is 19.4. The van der Waals surface area contributed by atoms with Crippen LogP contribution in [0.5, 0.6) is 5.75 Å². The van der Waals surface area contributed by atoms with Crippen LogP contribution in [-0.4, -0.2) is 49.0 Å². The van der Waals surface area contributed by atoms with Crippen molar-refractivity contribution < 1.29 is 9.53 Å². The maximum atomic E-state index is 11.1. The van der Waals surface area contributed by atoms with E-state index in [9.17, 15) is 4.79 Å². The largest absolute Gasteiger partial charge is 0.491 e. The zero-order chi connectivity index (χ0) is 18.4. The van der Waals surface area contributed by atoms with Crippen LogP contribution >= 0.6 is 0 Å². The fraction of sp³-hybridized carbons (Fsp3) is 0.421. The molecule has 0 saturated carbocycles. The molecule has 26 heavy (non-hydrogen) atoms. The monoisotopic (exact) mass is 356 g/mol. The third-order valence-electron chi connectivity index (χ3n) is 4.60. The zero-order valence-corrected chi connectivity index (χ0v) is 14.8. The maximum Gasteiger partial charge on any atom is 0.224 e. The van der Waals surface area contributed by atoms with E-state index in [-0.39, 0.29) is 17.9 Å². The van der Waals surface area contributed by atoms with Crippen LogP contribution < -0.4 is 21.1 Å². The molecule has 1 aromatic rings. The highest BCUT2D eigenvalue weighted by molar-refractivity contribution is 5.87. The van der Waals surface area contributed by atoms with E-state index in [2.05, 4.69) is 16.7 Å². The highest BCUT2D eigenvalue weighted by atomic mass is 16.5. The molecule has 7 heteroatoms. The molecule has 1 saturated heterocycles. The topological polar surface area (TPSA) is 103 Å². The Labute approximate surface area is 154 Å². The standard InChI is InChI=1S/C19H26N5O2/c20-19(21)24-10-8-15(12-24)7-9-22-11-14-1-4-17(5-2-14)26-13-16-3-6-18(25)23-16/h1-2,4-6,8,16,22H,3,7,9-13H2,(H3,20,21)(H,23,25). The van der Waals surface area contributed by atoms with Gasteiger partial charge in [-0.15, -0.1) is 0 Å². The lowest BCUT2D eigenvalue weighted by molar-refractivity contribution is -0.116. The number of rotatable bonds is 8. The van der Waals surface area contributed by atoms with Crippen molar-refractivity contribution >= 4 is 11.9 Å². The lowest BCUT2D eigenvalue weighted by atomic mass is 10.2. The molecular weight excluding hydrogens is 330 g/mol. The minimum atomic E-state index is -0.0117. The maximum absolute atomic E-state index is 11.1. The molecule has 0 aromatic heterocycles. The number of hydrogen-bond acceptors (Lipinski definition) is 4. The van der Waals surface area contributed by atoms with Crippen molar-refractivity contribution in [2.45, 2.75) is 25.4 Å². The van der Waals surface area contributed by atoms with E-state index < -0.39 is 0 Å². The second-order valence-electron chi connectivity index (χ2n) is 6.66. The van der Waals surface area contributed by atoms with Gasteiger partial charge in [-0.2, -0.15) is 0 Å². The van der Waals surface area contributed by atoms with Crippen LogP contribution in [0, 0.1) is 11.8 Å². The van der Waals surface area contributed by atoms with E-state index in [0.29, 0.717) is 6.61 Å². The summed E-state index contributed by atoms with van der Waals surface area (Å²) in [5.74, 6) is 0.942. The predicted octanol–water partition coefficient (Wildman–Crippen LogP) is 0.773. The van der Waals surface area contributed by atoms with Crippen LogP contribution in [0.2, 0.25) is 0 Å². The Morgan fingerprint density at radius 2 is 2.19 bits per heavy atom. The van der Waals surface area contributed by atoms with Gasteiger partial charge in [0.25, 0.3) is 0 Å². The van der Waals surface area contributed by atoms with Crippen molar-refractivity contribution in [3.05, 3.63) is 47.9 Å². The van der Waals surface area contributed by atoms with Gasteiger partial charge >= 0.3 is 0 Å². The minimum Gasteiger partial charge on any atom is -0.491 e. The summed E-state index contributed by atoms with van der Waals surface area (Å²) in [6, 6.07) is 8.10. The third-order valence-corrected chi connectivity index (χ3v) is 4.60. The number of amides is 1. The lowest BCUT2D eigenvalue weighted by Gasteiger charge is -2.15. The average molecular weight is 356 g/mol. The van der Waals surface area contributed by atoms with E-state index in [0.717, 1.165) is 44.8 Å². The number of carbonyl (C=O) groups excluding carboxylic acids is 1. The van der Waals surface area contributed by atoms with Crippen molar-refractivity contribution in [1.29, 1.82) is 5.41 Å². The number of nitrogens with two attached hydrogens (primary N) is 1. The van der Waals surface area contributed by atoms with Crippen LogP contribution in [-0.2, 0) is 11.3 Å². The van der Waals surface area contributed by atoms with Gasteiger partial charge < -0.3 is 26.0 Å². The van der Waals surface area contributed by atoms with E-state index in [1.54, 1.807) is 6.42 Å². The van der Waals surface area contributed by atoms with Crippen molar-refractivity contribution in [2.24, 2.45) is 5.73 Å². The summed E-state index contributed by atoms with van der Waals surface area (Å²) in [5.41, 5.74) is 8.02. The molecule has 0 aliphatic carbocycles. The van der Waals surface area contributed by atoms with Gasteiger partial charge in [0, 0.05) is 19.6 Å². The van der Waals surface area contributed by atoms with Crippen molar-refractivity contribution in [2.75, 3.05) is 26.2 Å². The summed E-state index contributed by atoms with van der Waals surface area (Å²) in [6.07, 6.45) is 5.50. The van der Waals surface area contributed by atoms with Crippen LogP contribution in [0.4, 0.5) is 0 Å². The van der Waals surface area contributed by atoms with E-state index in [4.69, 9.17) is 15.9 Å². The van der Waals surface area contributed by atoms with Gasteiger partial charge in [-0.3, -0.25) is 10.2 Å². The van der Waals surface area contributed by atoms with Crippen LogP contribution in [0.15, 0.2) is 35.9 Å². The Balaban J connectivity index is 1.32. The first kappa shape index (κ1) is 18.3. The Morgan fingerprint density at radius 1 is 1.38 bits per heavy atom. The van der Waals surface area contributed by atoms with Crippen LogP contribution in [0.25, 0.3) is 0 Å². The van der Waals surface area contributed by atoms with Crippen LogP contribution in [0.3, 0.4) is 0 Å². The van der Waals surface area contributed by atoms with Crippen molar-refractivity contribution in [3.63, 3.8) is 0 Å². The second kappa shape index (κ2) is 8.71. The number of ether oxygens (including phenoxy) is 1. The number of nitrogens with one attached hydrogen (secondary N) is 3. The summed E-state index contributed by atoms with van der Waals surface area (Å²) in [4.78, 5) is 13.0. The minimum absolute atomic E-state index is 0.0117. The fourth-order valence-corrected chi connectivity index (χ4v) is 3.04. The summed E-state index contributed by atoms with van der Waals surface area (Å²) >= 11 is 0. The van der Waals surface area contributed by atoms with E-state index in [1.165, 1.54) is 11.1 Å². The highest BCUT2D eigenvalue weighted by Crippen LogP contribution is 2.15. The van der Waals surface area contributed by atoms with Gasteiger partial charge in [0.2, 0.25) is 5.91 Å². The second-order valence-corrected chi connectivity index (χ2v) is 6.66. The Kier molecular flexibility index (Phi) is 6.12. The molecule has 5 N–H and O–H groups in total. The average Bonchev–Trinajstić information content (AvgIpc) is 3.27. The van der Waals surface area contributed by atoms with Gasteiger partial charge in [-0.1, -0.05) is 23.8 Å². The quantitative estimate of drug-likeness (QED) is 0.238. The van der Waals surface area contributed by atoms with Crippen LogP contribution in [0.1, 0.15) is 18.4 Å². The molecule has 7 nitrogen and oxygen atoms in total. The predicted molar refractivity (Wildman–Crippen MR) is 101 cm³/mol. The van der Waals surface area contributed by atoms with Gasteiger partial charge in [0.15, 0.2) is 5.96 Å². The van der Waals surface area contributed by atoms with Crippen molar-refractivity contribution in [3.8, 4) is 5.75 Å². The molecule has 2 heterocycles.